The summed E-state index contributed by atoms with van der Waals surface area (Å²) >= 11 is 0. The minimum atomic E-state index is -0.510. The fourth-order valence-electron chi connectivity index (χ4n) is 2.57. The first-order valence-corrected chi connectivity index (χ1v) is 10.5. The van der Waals surface area contributed by atoms with Crippen LogP contribution in [0.5, 0.6) is 0 Å². The van der Waals surface area contributed by atoms with Crippen LogP contribution in [-0.4, -0.2) is 53.5 Å². The highest BCUT2D eigenvalue weighted by atomic mass is 16.6. The molecule has 1 unspecified atom stereocenters. The van der Waals surface area contributed by atoms with Crippen LogP contribution in [0, 0.1) is 6.92 Å². The molecule has 1 amide bonds. The minimum absolute atomic E-state index is 0.0684. The van der Waals surface area contributed by atoms with Crippen molar-refractivity contribution in [3.8, 4) is 0 Å². The summed E-state index contributed by atoms with van der Waals surface area (Å²) in [6.07, 6.45) is 4.18. The minimum Gasteiger partial charge on any atom is -0.444 e. The first-order valence-electron chi connectivity index (χ1n) is 10.5. The van der Waals surface area contributed by atoms with Gasteiger partial charge >= 0.3 is 6.09 Å². The molecule has 0 fully saturated rings. The number of ether oxygens (including phenoxy) is 1. The van der Waals surface area contributed by atoms with Crippen LogP contribution in [0.4, 0.5) is 4.79 Å². The highest BCUT2D eigenvalue weighted by molar-refractivity contribution is 5.80. The molecule has 3 N–H and O–H groups in total. The molecular formula is C20H38N6O3. The molecule has 1 rings (SSSR count). The van der Waals surface area contributed by atoms with Gasteiger partial charge in [0.1, 0.15) is 5.60 Å². The summed E-state index contributed by atoms with van der Waals surface area (Å²) < 4.78 is 10.4. The quantitative estimate of drug-likeness (QED) is 0.292. The Kier molecular flexibility index (Phi) is 11.1. The summed E-state index contributed by atoms with van der Waals surface area (Å²) in [5.41, 5.74) is -0.510. The second-order valence-corrected chi connectivity index (χ2v) is 7.97. The molecule has 9 heteroatoms. The number of nitrogens with one attached hydrogen (secondary N) is 3. The number of aliphatic imine (C=N–C) groups is 1. The van der Waals surface area contributed by atoms with E-state index < -0.39 is 11.7 Å². The van der Waals surface area contributed by atoms with Crippen LogP contribution < -0.4 is 16.0 Å². The van der Waals surface area contributed by atoms with Crippen LogP contribution in [0.2, 0.25) is 0 Å². The fourth-order valence-corrected chi connectivity index (χ4v) is 2.57. The van der Waals surface area contributed by atoms with E-state index in [1.807, 2.05) is 27.7 Å². The standard InChI is InChI=1S/C20H38N6O3/c1-7-9-11-16(14-23-19(27)28-20(4,5)6)25-18(21-8-2)22-13-10-12-17-24-15(3)26-29-17/h16H,7-14H2,1-6H3,(H,23,27)(H2,21,22,25). The molecule has 1 atom stereocenters. The number of nitrogens with zero attached hydrogens (tertiary/aromatic N) is 3. The van der Waals surface area contributed by atoms with Gasteiger partial charge in [0, 0.05) is 32.1 Å². The van der Waals surface area contributed by atoms with Crippen molar-refractivity contribution in [2.45, 2.75) is 85.3 Å². The maximum Gasteiger partial charge on any atom is 0.407 e. The van der Waals surface area contributed by atoms with Gasteiger partial charge in [0.05, 0.1) is 0 Å². The molecule has 0 spiro atoms. The number of aryl methyl sites for hydroxylation is 2. The number of unbranched alkanes of at least 4 members (excludes halogenated alkanes) is 1. The van der Waals surface area contributed by atoms with Crippen LogP contribution in [0.1, 0.15) is 72.0 Å². The Morgan fingerprint density at radius 1 is 1.24 bits per heavy atom. The number of carbonyl (C=O) groups excluding carboxylic acids is 1. The average molecular weight is 411 g/mol. The van der Waals surface area contributed by atoms with Crippen LogP contribution in [-0.2, 0) is 11.2 Å². The van der Waals surface area contributed by atoms with Crippen molar-refractivity contribution in [1.29, 1.82) is 0 Å². The lowest BCUT2D eigenvalue weighted by atomic mass is 10.1. The topological polar surface area (TPSA) is 114 Å². The summed E-state index contributed by atoms with van der Waals surface area (Å²) in [5.74, 6) is 2.02. The van der Waals surface area contributed by atoms with E-state index in [4.69, 9.17) is 9.26 Å². The van der Waals surface area contributed by atoms with Crippen LogP contribution in [0.15, 0.2) is 9.52 Å². The zero-order valence-electron chi connectivity index (χ0n) is 18.8. The van der Waals surface area contributed by atoms with Crippen molar-refractivity contribution in [2.24, 2.45) is 4.99 Å². The third kappa shape index (κ3) is 12.0. The van der Waals surface area contributed by atoms with Crippen molar-refractivity contribution in [3.05, 3.63) is 11.7 Å². The van der Waals surface area contributed by atoms with Gasteiger partial charge in [-0.3, -0.25) is 4.99 Å². The van der Waals surface area contributed by atoms with Crippen molar-refractivity contribution < 1.29 is 14.1 Å². The molecule has 1 aromatic heterocycles. The average Bonchev–Trinajstić information content (AvgIpc) is 3.04. The molecule has 0 aromatic carbocycles. The van der Waals surface area contributed by atoms with Crippen LogP contribution in [0.25, 0.3) is 0 Å². The van der Waals surface area contributed by atoms with E-state index in [0.717, 1.165) is 38.2 Å². The fraction of sp³-hybridized carbons (Fsp3) is 0.800. The second-order valence-electron chi connectivity index (χ2n) is 7.97. The maximum absolute atomic E-state index is 12.0. The number of rotatable bonds is 11. The van der Waals surface area contributed by atoms with E-state index in [-0.39, 0.29) is 6.04 Å². The Bertz CT molecular complexity index is 624. The molecule has 29 heavy (non-hydrogen) atoms. The van der Waals surface area contributed by atoms with Gasteiger partial charge in [-0.25, -0.2) is 4.79 Å². The summed E-state index contributed by atoms with van der Waals surface area (Å²) in [5, 5.41) is 13.3. The monoisotopic (exact) mass is 410 g/mol. The van der Waals surface area contributed by atoms with Gasteiger partial charge < -0.3 is 25.2 Å². The highest BCUT2D eigenvalue weighted by Crippen LogP contribution is 2.07. The lowest BCUT2D eigenvalue weighted by Crippen LogP contribution is -2.49. The van der Waals surface area contributed by atoms with Gasteiger partial charge in [0.15, 0.2) is 11.8 Å². The highest BCUT2D eigenvalue weighted by Gasteiger charge is 2.18. The molecule has 1 heterocycles. The Morgan fingerprint density at radius 3 is 2.59 bits per heavy atom. The Morgan fingerprint density at radius 2 is 2.00 bits per heavy atom. The number of carbonyl (C=O) groups is 1. The van der Waals surface area contributed by atoms with Gasteiger partial charge in [-0.1, -0.05) is 24.9 Å². The molecule has 0 saturated carbocycles. The molecule has 0 saturated heterocycles. The predicted octanol–water partition coefficient (Wildman–Crippen LogP) is 2.95. The number of alkyl carbamates (subject to hydrolysis) is 1. The van der Waals surface area contributed by atoms with E-state index >= 15 is 0 Å². The van der Waals surface area contributed by atoms with Gasteiger partial charge in [-0.15, -0.1) is 0 Å². The summed E-state index contributed by atoms with van der Waals surface area (Å²) in [6.45, 7) is 13.4. The lowest BCUT2D eigenvalue weighted by Gasteiger charge is -2.24. The molecule has 166 valence electrons. The van der Waals surface area contributed by atoms with E-state index in [2.05, 4.69) is 38.0 Å². The van der Waals surface area contributed by atoms with Gasteiger partial charge in [0.25, 0.3) is 0 Å². The smallest absolute Gasteiger partial charge is 0.407 e. The van der Waals surface area contributed by atoms with Gasteiger partial charge in [-0.05, 0) is 47.5 Å². The third-order valence-corrected chi connectivity index (χ3v) is 3.87. The molecule has 0 aliphatic heterocycles. The number of guanidine groups is 1. The molecule has 0 aliphatic carbocycles. The van der Waals surface area contributed by atoms with Crippen LogP contribution in [0.3, 0.4) is 0 Å². The van der Waals surface area contributed by atoms with E-state index in [1.54, 1.807) is 6.92 Å². The van der Waals surface area contributed by atoms with E-state index in [9.17, 15) is 4.79 Å². The molecule has 1 aromatic rings. The third-order valence-electron chi connectivity index (χ3n) is 3.87. The number of aromatic nitrogens is 2. The van der Waals surface area contributed by atoms with E-state index in [1.165, 1.54) is 0 Å². The molecule has 0 bridgehead atoms. The van der Waals surface area contributed by atoms with Crippen molar-refractivity contribution >= 4 is 12.1 Å². The summed E-state index contributed by atoms with van der Waals surface area (Å²) in [7, 11) is 0. The lowest BCUT2D eigenvalue weighted by molar-refractivity contribution is 0.0522. The van der Waals surface area contributed by atoms with Crippen molar-refractivity contribution in [1.82, 2.24) is 26.1 Å². The van der Waals surface area contributed by atoms with Crippen molar-refractivity contribution in [2.75, 3.05) is 19.6 Å². The van der Waals surface area contributed by atoms with Gasteiger partial charge in [0.2, 0.25) is 5.89 Å². The molecule has 9 nitrogen and oxygen atoms in total. The predicted molar refractivity (Wildman–Crippen MR) is 114 cm³/mol. The SMILES string of the molecule is CCCCC(CNC(=O)OC(C)(C)C)NC(=NCCCc1nc(C)no1)NCC. The van der Waals surface area contributed by atoms with Crippen molar-refractivity contribution in [3.63, 3.8) is 0 Å². The Hall–Kier alpha value is -2.32. The first kappa shape index (κ1) is 24.7. The number of hydrogen-bond donors (Lipinski definition) is 3. The van der Waals surface area contributed by atoms with Crippen LogP contribution >= 0.6 is 0 Å². The summed E-state index contributed by atoms with van der Waals surface area (Å²) in [6, 6.07) is 0.0684. The molecule has 0 aliphatic rings. The van der Waals surface area contributed by atoms with Gasteiger partial charge in [-0.2, -0.15) is 4.98 Å². The first-order chi connectivity index (χ1) is 13.7. The largest absolute Gasteiger partial charge is 0.444 e. The zero-order valence-corrected chi connectivity index (χ0v) is 18.8. The number of hydrogen-bond acceptors (Lipinski definition) is 6. The maximum atomic E-state index is 12.0. The molecular weight excluding hydrogens is 372 g/mol. The zero-order chi connectivity index (χ0) is 21.7. The second kappa shape index (κ2) is 13.0. The van der Waals surface area contributed by atoms with E-state index in [0.29, 0.717) is 31.2 Å². The molecule has 0 radical (unpaired) electrons. The Labute approximate surface area is 174 Å². The Balaban J connectivity index is 2.56. The number of amides is 1. The normalized spacial score (nSPS) is 13.1. The summed E-state index contributed by atoms with van der Waals surface area (Å²) in [4.78, 5) is 20.8.